The molecule has 0 aliphatic rings. The Morgan fingerprint density at radius 1 is 1.41 bits per heavy atom. The zero-order valence-electron chi connectivity index (χ0n) is 8.84. The van der Waals surface area contributed by atoms with Crippen molar-refractivity contribution in [2.75, 3.05) is 0 Å². The van der Waals surface area contributed by atoms with Crippen LogP contribution in [0.1, 0.15) is 5.76 Å². The molecule has 0 saturated carbocycles. The third-order valence-electron chi connectivity index (χ3n) is 2.11. The number of non-ortho nitro benzene ring substituents is 1. The topological polar surface area (TPSA) is 56.3 Å². The lowest BCUT2D eigenvalue weighted by atomic mass is 10.3. The number of hydrogen-bond acceptors (Lipinski definition) is 4. The molecule has 0 amide bonds. The average molecular weight is 253 g/mol. The van der Waals surface area contributed by atoms with Gasteiger partial charge in [-0.15, -0.1) is 0 Å². The zero-order chi connectivity index (χ0) is 12.4. The molecule has 0 spiro atoms. The predicted octanol–water partition coefficient (Wildman–Crippen LogP) is 3.79. The Balaban J connectivity index is 2.33. The van der Waals surface area contributed by atoms with Gasteiger partial charge in [-0.1, -0.05) is 11.8 Å². The van der Waals surface area contributed by atoms with E-state index in [1.807, 2.05) is 0 Å². The number of aryl methyl sites for hydroxylation is 1. The molecule has 4 nitrogen and oxygen atoms in total. The van der Waals surface area contributed by atoms with E-state index in [4.69, 9.17) is 4.42 Å². The molecule has 6 heteroatoms. The second-order valence-electron chi connectivity index (χ2n) is 3.35. The van der Waals surface area contributed by atoms with E-state index in [9.17, 15) is 14.5 Å². The van der Waals surface area contributed by atoms with Crippen molar-refractivity contribution >= 4 is 17.4 Å². The molecular weight excluding hydrogens is 245 g/mol. The molecule has 1 aromatic heterocycles. The number of halogens is 1. The number of furan rings is 1. The maximum atomic E-state index is 13.2. The van der Waals surface area contributed by atoms with Crippen LogP contribution < -0.4 is 0 Å². The molecule has 0 atom stereocenters. The van der Waals surface area contributed by atoms with Gasteiger partial charge in [0.2, 0.25) is 0 Å². The van der Waals surface area contributed by atoms with Crippen molar-refractivity contribution in [3.63, 3.8) is 0 Å². The van der Waals surface area contributed by atoms with Crippen LogP contribution in [0.3, 0.4) is 0 Å². The number of benzene rings is 1. The minimum absolute atomic E-state index is 0.256. The normalized spacial score (nSPS) is 10.5. The van der Waals surface area contributed by atoms with Gasteiger partial charge in [0, 0.05) is 11.0 Å². The average Bonchev–Trinajstić information content (AvgIpc) is 2.63. The molecule has 2 aromatic rings. The fraction of sp³-hybridized carbons (Fsp3) is 0.0909. The van der Waals surface area contributed by atoms with Crippen LogP contribution >= 0.6 is 11.8 Å². The van der Waals surface area contributed by atoms with E-state index in [0.717, 1.165) is 11.0 Å². The molecule has 0 radical (unpaired) electrons. The van der Waals surface area contributed by atoms with E-state index >= 15 is 0 Å². The Morgan fingerprint density at radius 2 is 2.18 bits per heavy atom. The second kappa shape index (κ2) is 4.58. The summed E-state index contributed by atoms with van der Waals surface area (Å²) in [4.78, 5) is 11.3. The maximum Gasteiger partial charge on any atom is 0.273 e. The number of nitro benzene ring substituents is 1. The Hall–Kier alpha value is -1.82. The van der Waals surface area contributed by atoms with E-state index < -0.39 is 10.7 Å². The van der Waals surface area contributed by atoms with Gasteiger partial charge in [-0.2, -0.15) is 0 Å². The van der Waals surface area contributed by atoms with Crippen LogP contribution in [0.15, 0.2) is 44.7 Å². The van der Waals surface area contributed by atoms with Gasteiger partial charge in [0.05, 0.1) is 22.1 Å². The highest BCUT2D eigenvalue weighted by Crippen LogP contribution is 2.33. The highest BCUT2D eigenvalue weighted by molar-refractivity contribution is 7.99. The van der Waals surface area contributed by atoms with Gasteiger partial charge < -0.3 is 4.42 Å². The van der Waals surface area contributed by atoms with Crippen molar-refractivity contribution in [1.29, 1.82) is 0 Å². The number of hydrogen-bond donors (Lipinski definition) is 0. The van der Waals surface area contributed by atoms with E-state index in [1.165, 1.54) is 30.2 Å². The SMILES string of the molecule is Cc1occc1Sc1cc(F)cc([N+](=O)[O-])c1. The minimum atomic E-state index is -0.622. The van der Waals surface area contributed by atoms with Gasteiger partial charge in [0.1, 0.15) is 11.6 Å². The number of nitrogens with zero attached hydrogens (tertiary/aromatic N) is 1. The summed E-state index contributed by atoms with van der Waals surface area (Å²) in [7, 11) is 0. The van der Waals surface area contributed by atoms with Crippen LogP contribution in [0.25, 0.3) is 0 Å². The summed E-state index contributed by atoms with van der Waals surface area (Å²) in [5.41, 5.74) is -0.256. The molecule has 17 heavy (non-hydrogen) atoms. The summed E-state index contributed by atoms with van der Waals surface area (Å²) in [6.07, 6.45) is 1.52. The third-order valence-corrected chi connectivity index (χ3v) is 3.22. The van der Waals surface area contributed by atoms with Crippen LogP contribution in [0, 0.1) is 22.9 Å². The summed E-state index contributed by atoms with van der Waals surface area (Å²) in [5.74, 6) is 0.0739. The van der Waals surface area contributed by atoms with E-state index in [0.29, 0.717) is 10.7 Å². The Morgan fingerprint density at radius 3 is 2.76 bits per heavy atom. The molecule has 1 heterocycles. The van der Waals surface area contributed by atoms with Gasteiger partial charge >= 0.3 is 0 Å². The monoisotopic (exact) mass is 253 g/mol. The zero-order valence-corrected chi connectivity index (χ0v) is 9.66. The second-order valence-corrected chi connectivity index (χ2v) is 4.46. The molecule has 1 aromatic carbocycles. The smallest absolute Gasteiger partial charge is 0.273 e. The van der Waals surface area contributed by atoms with Crippen LogP contribution in [0.2, 0.25) is 0 Å². The van der Waals surface area contributed by atoms with Crippen LogP contribution in [-0.2, 0) is 0 Å². The van der Waals surface area contributed by atoms with Gasteiger partial charge in [-0.3, -0.25) is 10.1 Å². The quantitative estimate of drug-likeness (QED) is 0.617. The highest BCUT2D eigenvalue weighted by Gasteiger charge is 2.12. The fourth-order valence-electron chi connectivity index (χ4n) is 1.32. The van der Waals surface area contributed by atoms with Gasteiger partial charge in [0.25, 0.3) is 5.69 Å². The summed E-state index contributed by atoms with van der Waals surface area (Å²) in [6, 6.07) is 5.22. The van der Waals surface area contributed by atoms with Crippen LogP contribution in [-0.4, -0.2) is 4.92 Å². The standard InChI is InChI=1S/C11H8FNO3S/c1-7-11(2-3-16-7)17-10-5-8(12)4-9(6-10)13(14)15/h2-6H,1H3. The van der Waals surface area contributed by atoms with Crippen molar-refractivity contribution in [1.82, 2.24) is 0 Å². The first kappa shape index (κ1) is 11.7. The van der Waals surface area contributed by atoms with Crippen molar-refractivity contribution in [3.8, 4) is 0 Å². The van der Waals surface area contributed by atoms with Crippen molar-refractivity contribution in [2.45, 2.75) is 16.7 Å². The molecule has 0 aliphatic heterocycles. The summed E-state index contributed by atoms with van der Waals surface area (Å²) in [5, 5.41) is 10.6. The van der Waals surface area contributed by atoms with Crippen LogP contribution in [0.4, 0.5) is 10.1 Å². The van der Waals surface area contributed by atoms with Crippen molar-refractivity contribution in [3.05, 3.63) is 52.2 Å². The number of rotatable bonds is 3. The van der Waals surface area contributed by atoms with E-state index in [-0.39, 0.29) is 5.69 Å². The van der Waals surface area contributed by atoms with Crippen LogP contribution in [0.5, 0.6) is 0 Å². The van der Waals surface area contributed by atoms with Gasteiger partial charge in [-0.25, -0.2) is 4.39 Å². The lowest BCUT2D eigenvalue weighted by Gasteiger charge is -2.00. The summed E-state index contributed by atoms with van der Waals surface area (Å²) < 4.78 is 18.3. The first-order chi connectivity index (χ1) is 8.06. The first-order valence-corrected chi connectivity index (χ1v) is 5.55. The molecule has 0 fully saturated rings. The Bertz CT molecular complexity index is 568. The largest absolute Gasteiger partial charge is 0.468 e. The molecule has 0 bridgehead atoms. The molecule has 0 saturated heterocycles. The molecular formula is C11H8FNO3S. The third kappa shape index (κ3) is 2.65. The van der Waals surface area contributed by atoms with Crippen molar-refractivity contribution < 1.29 is 13.7 Å². The van der Waals surface area contributed by atoms with Gasteiger partial charge in [-0.05, 0) is 19.1 Å². The molecule has 2 rings (SSSR count). The van der Waals surface area contributed by atoms with E-state index in [1.54, 1.807) is 13.0 Å². The summed E-state index contributed by atoms with van der Waals surface area (Å²) in [6.45, 7) is 1.77. The maximum absolute atomic E-state index is 13.2. The lowest BCUT2D eigenvalue weighted by Crippen LogP contribution is -1.89. The Kier molecular flexibility index (Phi) is 3.14. The lowest BCUT2D eigenvalue weighted by molar-refractivity contribution is -0.385. The molecule has 0 aliphatic carbocycles. The predicted molar refractivity (Wildman–Crippen MR) is 60.6 cm³/mol. The fourth-order valence-corrected chi connectivity index (χ4v) is 2.24. The van der Waals surface area contributed by atoms with Gasteiger partial charge in [0.15, 0.2) is 0 Å². The Labute approximate surface area is 101 Å². The highest BCUT2D eigenvalue weighted by atomic mass is 32.2. The molecule has 0 N–H and O–H groups in total. The minimum Gasteiger partial charge on any atom is -0.468 e. The van der Waals surface area contributed by atoms with E-state index in [2.05, 4.69) is 0 Å². The van der Waals surface area contributed by atoms with Crippen molar-refractivity contribution in [2.24, 2.45) is 0 Å². The molecule has 88 valence electrons. The molecule has 0 unspecified atom stereocenters. The first-order valence-electron chi connectivity index (χ1n) is 4.73. The summed E-state index contributed by atoms with van der Waals surface area (Å²) >= 11 is 1.23. The number of nitro groups is 1.